The predicted molar refractivity (Wildman–Crippen MR) is 115 cm³/mol. The molecule has 0 fully saturated rings. The van der Waals surface area contributed by atoms with Crippen LogP contribution in [0.15, 0.2) is 48.2 Å². The summed E-state index contributed by atoms with van der Waals surface area (Å²) < 4.78 is 1.09. The first-order chi connectivity index (χ1) is 12.3. The first-order valence-electron chi connectivity index (χ1n) is 8.37. The van der Waals surface area contributed by atoms with Crippen molar-refractivity contribution >= 4 is 39.9 Å². The van der Waals surface area contributed by atoms with Gasteiger partial charge in [-0.1, -0.05) is 32.0 Å². The largest absolute Gasteiger partial charge is 0.360 e. The van der Waals surface area contributed by atoms with Crippen LogP contribution < -0.4 is 10.6 Å². The van der Waals surface area contributed by atoms with E-state index in [0.717, 1.165) is 25.9 Å². The Hall–Kier alpha value is -2.33. The fourth-order valence-electron chi connectivity index (χ4n) is 2.62. The Balaban J connectivity index is 2.23. The highest BCUT2D eigenvalue weighted by Crippen LogP contribution is 2.27. The van der Waals surface area contributed by atoms with Crippen molar-refractivity contribution in [1.29, 1.82) is 5.26 Å². The smallest absolute Gasteiger partial charge is 0.267 e. The summed E-state index contributed by atoms with van der Waals surface area (Å²) in [6.45, 7) is 8.15. The van der Waals surface area contributed by atoms with Crippen molar-refractivity contribution in [2.75, 3.05) is 10.6 Å². The van der Waals surface area contributed by atoms with Crippen LogP contribution in [0.3, 0.4) is 0 Å². The molecule has 0 aliphatic rings. The molecule has 0 aliphatic heterocycles. The van der Waals surface area contributed by atoms with Gasteiger partial charge in [0, 0.05) is 21.1 Å². The van der Waals surface area contributed by atoms with Gasteiger partial charge in [-0.3, -0.25) is 4.79 Å². The number of carbonyl (C=O) groups excluding carboxylic acids is 1. The van der Waals surface area contributed by atoms with E-state index in [-0.39, 0.29) is 5.57 Å². The summed E-state index contributed by atoms with van der Waals surface area (Å²) in [5.74, 6) is -0.0939. The van der Waals surface area contributed by atoms with Crippen molar-refractivity contribution in [2.45, 2.75) is 33.6 Å². The topological polar surface area (TPSA) is 64.9 Å². The summed E-state index contributed by atoms with van der Waals surface area (Å²) in [6, 6.07) is 13.8. The highest BCUT2D eigenvalue weighted by Gasteiger charge is 2.13. The second kappa shape index (κ2) is 8.86. The maximum Gasteiger partial charge on any atom is 0.267 e. The molecule has 134 valence electrons. The third kappa shape index (κ3) is 4.85. The minimum absolute atomic E-state index is 0.0286. The van der Waals surface area contributed by atoms with Crippen molar-refractivity contribution in [2.24, 2.45) is 0 Å². The Morgan fingerprint density at radius 3 is 2.54 bits per heavy atom. The van der Waals surface area contributed by atoms with E-state index in [9.17, 15) is 10.1 Å². The number of nitrogens with one attached hydrogen (secondary N) is 2. The zero-order valence-electron chi connectivity index (χ0n) is 15.4. The molecule has 0 saturated carbocycles. The molecule has 5 heteroatoms. The number of amides is 1. The van der Waals surface area contributed by atoms with E-state index in [1.807, 2.05) is 50.2 Å². The van der Waals surface area contributed by atoms with E-state index in [2.05, 4.69) is 53.1 Å². The van der Waals surface area contributed by atoms with Crippen LogP contribution in [0.5, 0.6) is 0 Å². The van der Waals surface area contributed by atoms with Crippen LogP contribution in [0, 0.1) is 28.7 Å². The molecule has 2 aromatic rings. The van der Waals surface area contributed by atoms with Crippen molar-refractivity contribution in [1.82, 2.24) is 0 Å². The number of anilines is 2. The highest BCUT2D eigenvalue weighted by atomic mass is 127. The summed E-state index contributed by atoms with van der Waals surface area (Å²) in [6.07, 6.45) is 1.48. The maximum atomic E-state index is 12.5. The van der Waals surface area contributed by atoms with Gasteiger partial charge in [0.2, 0.25) is 0 Å². The lowest BCUT2D eigenvalue weighted by Gasteiger charge is -2.15. The molecule has 2 N–H and O–H groups in total. The van der Waals surface area contributed by atoms with E-state index < -0.39 is 5.91 Å². The summed E-state index contributed by atoms with van der Waals surface area (Å²) in [4.78, 5) is 12.5. The van der Waals surface area contributed by atoms with Gasteiger partial charge in [0.15, 0.2) is 0 Å². The molecule has 0 aliphatic carbocycles. The Kier molecular flexibility index (Phi) is 6.81. The third-order valence-electron chi connectivity index (χ3n) is 4.09. The number of hydrogen-bond donors (Lipinski definition) is 2. The highest BCUT2D eigenvalue weighted by molar-refractivity contribution is 14.1. The molecular formula is C21H22IN3O. The lowest BCUT2D eigenvalue weighted by atomic mass is 9.98. The number of nitrogens with zero attached hydrogens (tertiary/aromatic N) is 1. The van der Waals surface area contributed by atoms with E-state index in [0.29, 0.717) is 11.6 Å². The SMILES string of the molecule is Cc1cc(I)ccc1NC(=O)/C(C#N)=C\Nc1c(C)cccc1C(C)C. The Bertz CT molecular complexity index is 895. The van der Waals surface area contributed by atoms with Gasteiger partial charge >= 0.3 is 0 Å². The van der Waals surface area contributed by atoms with Gasteiger partial charge in [0.05, 0.1) is 0 Å². The van der Waals surface area contributed by atoms with Crippen molar-refractivity contribution < 1.29 is 4.79 Å². The number of rotatable bonds is 5. The molecule has 0 saturated heterocycles. The minimum atomic E-state index is -0.427. The van der Waals surface area contributed by atoms with Gasteiger partial charge in [0.25, 0.3) is 5.91 Å². The van der Waals surface area contributed by atoms with Crippen LogP contribution >= 0.6 is 22.6 Å². The van der Waals surface area contributed by atoms with E-state index in [4.69, 9.17) is 0 Å². The normalized spacial score (nSPS) is 11.2. The second-order valence-corrected chi connectivity index (χ2v) is 7.67. The number of benzene rings is 2. The van der Waals surface area contributed by atoms with Gasteiger partial charge in [-0.15, -0.1) is 0 Å². The molecule has 0 heterocycles. The fraction of sp³-hybridized carbons (Fsp3) is 0.238. The van der Waals surface area contributed by atoms with Crippen molar-refractivity contribution in [3.63, 3.8) is 0 Å². The summed E-state index contributed by atoms with van der Waals surface area (Å²) in [7, 11) is 0. The average molecular weight is 459 g/mol. The lowest BCUT2D eigenvalue weighted by Crippen LogP contribution is -2.15. The van der Waals surface area contributed by atoms with Crippen LogP contribution in [0.4, 0.5) is 11.4 Å². The van der Waals surface area contributed by atoms with Gasteiger partial charge in [-0.25, -0.2) is 0 Å². The molecule has 0 atom stereocenters. The van der Waals surface area contributed by atoms with E-state index in [1.54, 1.807) is 0 Å². The molecule has 0 aromatic heterocycles. The summed E-state index contributed by atoms with van der Waals surface area (Å²) in [5.41, 5.74) is 4.84. The summed E-state index contributed by atoms with van der Waals surface area (Å²) in [5, 5.41) is 15.4. The lowest BCUT2D eigenvalue weighted by molar-refractivity contribution is -0.112. The number of hydrogen-bond acceptors (Lipinski definition) is 3. The molecule has 0 bridgehead atoms. The van der Waals surface area contributed by atoms with E-state index in [1.165, 1.54) is 6.20 Å². The van der Waals surface area contributed by atoms with E-state index >= 15 is 0 Å². The number of halogens is 1. The Morgan fingerprint density at radius 1 is 1.19 bits per heavy atom. The van der Waals surface area contributed by atoms with Crippen LogP contribution in [0.1, 0.15) is 36.5 Å². The standard InChI is InChI=1S/C21H22IN3O/c1-13(2)18-7-5-6-14(3)20(18)24-12-16(11-23)21(26)25-19-9-8-17(22)10-15(19)4/h5-10,12-13,24H,1-4H3,(H,25,26)/b16-12-. The molecule has 2 rings (SSSR count). The zero-order valence-corrected chi connectivity index (χ0v) is 17.5. The molecule has 4 nitrogen and oxygen atoms in total. The van der Waals surface area contributed by atoms with Crippen LogP contribution in [-0.2, 0) is 4.79 Å². The van der Waals surface area contributed by atoms with Gasteiger partial charge in [-0.05, 0) is 77.2 Å². The van der Waals surface area contributed by atoms with Crippen molar-refractivity contribution in [3.8, 4) is 6.07 Å². The molecular weight excluding hydrogens is 437 g/mol. The molecule has 0 radical (unpaired) electrons. The zero-order chi connectivity index (χ0) is 19.3. The van der Waals surface area contributed by atoms with Gasteiger partial charge < -0.3 is 10.6 Å². The van der Waals surface area contributed by atoms with Crippen LogP contribution in [0.2, 0.25) is 0 Å². The van der Waals surface area contributed by atoms with Crippen LogP contribution in [0.25, 0.3) is 0 Å². The predicted octanol–water partition coefficient (Wildman–Crippen LogP) is 5.49. The number of para-hydroxylation sites is 1. The third-order valence-corrected chi connectivity index (χ3v) is 4.76. The summed E-state index contributed by atoms with van der Waals surface area (Å²) >= 11 is 2.22. The molecule has 26 heavy (non-hydrogen) atoms. The molecule has 0 spiro atoms. The molecule has 2 aromatic carbocycles. The first kappa shape index (κ1) is 20.0. The quantitative estimate of drug-likeness (QED) is 0.353. The van der Waals surface area contributed by atoms with Crippen molar-refractivity contribution in [3.05, 3.63) is 68.4 Å². The number of carbonyl (C=O) groups is 1. The Labute approximate surface area is 168 Å². The minimum Gasteiger partial charge on any atom is -0.360 e. The fourth-order valence-corrected chi connectivity index (χ4v) is 3.27. The molecule has 0 unspecified atom stereocenters. The van der Waals surface area contributed by atoms with Crippen LogP contribution in [-0.4, -0.2) is 5.91 Å². The monoisotopic (exact) mass is 459 g/mol. The second-order valence-electron chi connectivity index (χ2n) is 6.42. The maximum absolute atomic E-state index is 12.5. The first-order valence-corrected chi connectivity index (χ1v) is 9.45. The van der Waals surface area contributed by atoms with Gasteiger partial charge in [-0.2, -0.15) is 5.26 Å². The molecule has 1 amide bonds. The Morgan fingerprint density at radius 2 is 1.92 bits per heavy atom. The average Bonchev–Trinajstić information content (AvgIpc) is 2.58. The number of aryl methyl sites for hydroxylation is 2. The number of nitriles is 1. The van der Waals surface area contributed by atoms with Gasteiger partial charge in [0.1, 0.15) is 11.6 Å².